The molecule has 0 N–H and O–H groups in total. The highest BCUT2D eigenvalue weighted by atomic mass is 16.5. The summed E-state index contributed by atoms with van der Waals surface area (Å²) in [5, 5.41) is 11.2. The largest absolute Gasteiger partial charge is 0.872 e. The molecule has 0 spiro atoms. The number of rotatable bonds is 4. The van der Waals surface area contributed by atoms with Crippen LogP contribution in [-0.2, 0) is 5.41 Å². The molecule has 2 nitrogen and oxygen atoms in total. The number of hydrogen-bond donors (Lipinski definition) is 0. The Labute approximate surface area is 114 Å². The molecule has 0 aromatic heterocycles. The second-order valence-electron chi connectivity index (χ2n) is 4.94. The van der Waals surface area contributed by atoms with Crippen LogP contribution in [0.25, 0.3) is 0 Å². The molecule has 0 bridgehead atoms. The summed E-state index contributed by atoms with van der Waals surface area (Å²) < 4.78 is 5.20. The number of methoxy groups -OCH3 is 1. The Kier molecular flexibility index (Phi) is 3.79. The van der Waals surface area contributed by atoms with Gasteiger partial charge in [-0.05, 0) is 29.7 Å². The van der Waals surface area contributed by atoms with Gasteiger partial charge in [0.05, 0.1) is 7.11 Å². The Hall–Kier alpha value is -1.96. The molecule has 1 atom stereocenters. The molecule has 0 aliphatic carbocycles. The maximum atomic E-state index is 11.2. The predicted octanol–water partition coefficient (Wildman–Crippen LogP) is 3.48. The lowest BCUT2D eigenvalue weighted by Crippen LogP contribution is -2.22. The summed E-state index contributed by atoms with van der Waals surface area (Å²) in [4.78, 5) is 0. The molecular weight excluding hydrogens is 236 g/mol. The van der Waals surface area contributed by atoms with Gasteiger partial charge in [-0.3, -0.25) is 0 Å². The topological polar surface area (TPSA) is 32.3 Å². The third kappa shape index (κ3) is 2.58. The van der Waals surface area contributed by atoms with E-state index in [1.54, 1.807) is 19.2 Å². The standard InChI is InChI=1S/C17H20O2/c1-4-17(2,13-5-9-15(18)10-6-13)14-7-11-16(19-3)12-8-14/h5-12,18H,4H2,1-3H3/p-1. The second-order valence-corrected chi connectivity index (χ2v) is 4.94. The van der Waals surface area contributed by atoms with Gasteiger partial charge in [-0.25, -0.2) is 0 Å². The van der Waals surface area contributed by atoms with E-state index in [1.807, 2.05) is 24.3 Å². The Morgan fingerprint density at radius 3 is 1.84 bits per heavy atom. The molecule has 0 heterocycles. The Morgan fingerprint density at radius 2 is 1.42 bits per heavy atom. The minimum Gasteiger partial charge on any atom is -0.872 e. The summed E-state index contributed by atoms with van der Waals surface area (Å²) in [5.74, 6) is 0.911. The normalized spacial score (nSPS) is 13.8. The highest BCUT2D eigenvalue weighted by molar-refractivity contribution is 5.42. The quantitative estimate of drug-likeness (QED) is 0.837. The lowest BCUT2D eigenvalue weighted by atomic mass is 9.74. The third-order valence-electron chi connectivity index (χ3n) is 3.93. The van der Waals surface area contributed by atoms with Gasteiger partial charge in [0.2, 0.25) is 0 Å². The van der Waals surface area contributed by atoms with E-state index in [0.717, 1.165) is 12.2 Å². The Morgan fingerprint density at radius 1 is 0.947 bits per heavy atom. The van der Waals surface area contributed by atoms with Crippen molar-refractivity contribution in [1.82, 2.24) is 0 Å². The van der Waals surface area contributed by atoms with Gasteiger partial charge in [0.15, 0.2) is 0 Å². The van der Waals surface area contributed by atoms with Crippen molar-refractivity contribution in [2.45, 2.75) is 25.7 Å². The van der Waals surface area contributed by atoms with Crippen LogP contribution in [0.5, 0.6) is 11.5 Å². The summed E-state index contributed by atoms with van der Waals surface area (Å²) in [6.45, 7) is 4.37. The van der Waals surface area contributed by atoms with Gasteiger partial charge in [-0.2, -0.15) is 0 Å². The molecule has 0 saturated heterocycles. The van der Waals surface area contributed by atoms with E-state index in [1.165, 1.54) is 11.1 Å². The van der Waals surface area contributed by atoms with Crippen LogP contribution in [0.3, 0.4) is 0 Å². The minimum absolute atomic E-state index is 0.0527. The molecule has 2 heteroatoms. The van der Waals surface area contributed by atoms with Crippen LogP contribution in [0.1, 0.15) is 31.4 Å². The predicted molar refractivity (Wildman–Crippen MR) is 75.6 cm³/mol. The van der Waals surface area contributed by atoms with Crippen LogP contribution in [0.15, 0.2) is 48.5 Å². The van der Waals surface area contributed by atoms with Crippen LogP contribution >= 0.6 is 0 Å². The summed E-state index contributed by atoms with van der Waals surface area (Å²) in [7, 11) is 1.67. The highest BCUT2D eigenvalue weighted by Crippen LogP contribution is 2.36. The summed E-state index contributed by atoms with van der Waals surface area (Å²) in [5.41, 5.74) is 2.31. The average Bonchev–Trinajstić information content (AvgIpc) is 2.47. The van der Waals surface area contributed by atoms with E-state index < -0.39 is 0 Å². The molecule has 2 aromatic rings. The molecule has 2 aromatic carbocycles. The fourth-order valence-corrected chi connectivity index (χ4v) is 2.36. The van der Waals surface area contributed by atoms with E-state index in [0.29, 0.717) is 0 Å². The summed E-state index contributed by atoms with van der Waals surface area (Å²) in [6, 6.07) is 15.3. The fraction of sp³-hybridized carbons (Fsp3) is 0.294. The second kappa shape index (κ2) is 5.35. The van der Waals surface area contributed by atoms with Gasteiger partial charge in [-0.1, -0.05) is 50.2 Å². The number of benzene rings is 2. The van der Waals surface area contributed by atoms with Crippen molar-refractivity contribution in [3.8, 4) is 11.5 Å². The zero-order chi connectivity index (χ0) is 13.9. The smallest absolute Gasteiger partial charge is 0.118 e. The van der Waals surface area contributed by atoms with Gasteiger partial charge in [-0.15, -0.1) is 5.75 Å². The van der Waals surface area contributed by atoms with Crippen molar-refractivity contribution < 1.29 is 9.84 Å². The number of hydrogen-bond acceptors (Lipinski definition) is 2. The molecule has 19 heavy (non-hydrogen) atoms. The fourth-order valence-electron chi connectivity index (χ4n) is 2.36. The van der Waals surface area contributed by atoms with Crippen LogP contribution in [0.4, 0.5) is 0 Å². The van der Waals surface area contributed by atoms with Gasteiger partial charge in [0, 0.05) is 5.41 Å². The monoisotopic (exact) mass is 255 g/mol. The van der Waals surface area contributed by atoms with Gasteiger partial charge < -0.3 is 9.84 Å². The lowest BCUT2D eigenvalue weighted by Gasteiger charge is -2.30. The minimum atomic E-state index is -0.0834. The van der Waals surface area contributed by atoms with Gasteiger partial charge in [0.25, 0.3) is 0 Å². The van der Waals surface area contributed by atoms with Crippen molar-refractivity contribution in [2.24, 2.45) is 0 Å². The van der Waals surface area contributed by atoms with E-state index in [2.05, 4.69) is 26.0 Å². The highest BCUT2D eigenvalue weighted by Gasteiger charge is 2.26. The molecule has 0 radical (unpaired) electrons. The third-order valence-corrected chi connectivity index (χ3v) is 3.93. The SMILES string of the molecule is CCC(C)(c1ccc([O-])cc1)c1ccc(OC)cc1. The van der Waals surface area contributed by atoms with Gasteiger partial charge >= 0.3 is 0 Å². The first kappa shape index (κ1) is 13.5. The van der Waals surface area contributed by atoms with Crippen molar-refractivity contribution in [2.75, 3.05) is 7.11 Å². The first-order valence-electron chi connectivity index (χ1n) is 6.52. The van der Waals surface area contributed by atoms with Gasteiger partial charge in [0.1, 0.15) is 5.75 Å². The molecule has 0 aliphatic heterocycles. The molecule has 0 aliphatic rings. The maximum absolute atomic E-state index is 11.2. The van der Waals surface area contributed by atoms with E-state index in [9.17, 15) is 5.11 Å². The van der Waals surface area contributed by atoms with Crippen molar-refractivity contribution >= 4 is 0 Å². The zero-order valence-electron chi connectivity index (χ0n) is 11.6. The van der Waals surface area contributed by atoms with Crippen molar-refractivity contribution in [3.63, 3.8) is 0 Å². The van der Waals surface area contributed by atoms with E-state index in [-0.39, 0.29) is 11.2 Å². The van der Waals surface area contributed by atoms with E-state index >= 15 is 0 Å². The Bertz CT molecular complexity index is 528. The molecule has 0 amide bonds. The van der Waals surface area contributed by atoms with Crippen LogP contribution in [0, 0.1) is 0 Å². The van der Waals surface area contributed by atoms with Crippen molar-refractivity contribution in [3.05, 3.63) is 59.7 Å². The molecule has 0 saturated carbocycles. The molecule has 0 fully saturated rings. The number of ether oxygens (including phenoxy) is 1. The van der Waals surface area contributed by atoms with Crippen LogP contribution < -0.4 is 9.84 Å². The van der Waals surface area contributed by atoms with Crippen molar-refractivity contribution in [1.29, 1.82) is 0 Å². The van der Waals surface area contributed by atoms with E-state index in [4.69, 9.17) is 4.74 Å². The first-order chi connectivity index (χ1) is 9.10. The summed E-state index contributed by atoms with van der Waals surface area (Å²) >= 11 is 0. The van der Waals surface area contributed by atoms with Crippen LogP contribution in [0.2, 0.25) is 0 Å². The lowest BCUT2D eigenvalue weighted by molar-refractivity contribution is -0.268. The average molecular weight is 255 g/mol. The summed E-state index contributed by atoms with van der Waals surface area (Å²) in [6.07, 6.45) is 0.970. The zero-order valence-corrected chi connectivity index (χ0v) is 11.6. The Balaban J connectivity index is 2.43. The molecule has 100 valence electrons. The molecular formula is C17H19O2-. The maximum Gasteiger partial charge on any atom is 0.118 e. The van der Waals surface area contributed by atoms with Crippen LogP contribution in [-0.4, -0.2) is 7.11 Å². The first-order valence-corrected chi connectivity index (χ1v) is 6.52. The molecule has 2 rings (SSSR count). The molecule has 1 unspecified atom stereocenters.